The first-order valence-electron chi connectivity index (χ1n) is 9.78. The molecule has 0 bridgehead atoms. The molecule has 0 aromatic heterocycles. The van der Waals surface area contributed by atoms with Crippen LogP contribution < -0.4 is 10.6 Å². The van der Waals surface area contributed by atoms with Gasteiger partial charge in [0.05, 0.1) is 6.10 Å². The van der Waals surface area contributed by atoms with E-state index >= 15 is 0 Å². The highest BCUT2D eigenvalue weighted by Crippen LogP contribution is 2.11. The molecule has 3 rings (SSSR count). The fourth-order valence-electron chi connectivity index (χ4n) is 3.45. The lowest BCUT2D eigenvalue weighted by Crippen LogP contribution is -2.43. The highest BCUT2D eigenvalue weighted by Gasteiger charge is 2.15. The summed E-state index contributed by atoms with van der Waals surface area (Å²) in [5.41, 5.74) is 2.66. The molecule has 2 heterocycles. The molecule has 2 aliphatic rings. The lowest BCUT2D eigenvalue weighted by Gasteiger charge is -2.32. The number of piperazine rings is 1. The third-order valence-electron chi connectivity index (χ3n) is 5.23. The Morgan fingerprint density at radius 3 is 2.50 bits per heavy atom. The van der Waals surface area contributed by atoms with Gasteiger partial charge in [-0.1, -0.05) is 24.3 Å². The molecule has 2 N–H and O–H groups in total. The Morgan fingerprint density at radius 2 is 1.85 bits per heavy atom. The van der Waals surface area contributed by atoms with Crippen molar-refractivity contribution < 1.29 is 4.74 Å². The summed E-state index contributed by atoms with van der Waals surface area (Å²) in [4.78, 5) is 9.22. The van der Waals surface area contributed by atoms with Crippen LogP contribution in [-0.2, 0) is 17.8 Å². The first kappa shape index (κ1) is 19.1. The molecule has 2 saturated heterocycles. The van der Waals surface area contributed by atoms with Gasteiger partial charge < -0.3 is 20.3 Å². The van der Waals surface area contributed by atoms with Gasteiger partial charge in [0.1, 0.15) is 0 Å². The molecule has 1 unspecified atom stereocenters. The Balaban J connectivity index is 1.40. The second-order valence-corrected chi connectivity index (χ2v) is 7.34. The molecule has 0 amide bonds. The van der Waals surface area contributed by atoms with Crippen LogP contribution in [0.5, 0.6) is 0 Å². The van der Waals surface area contributed by atoms with Gasteiger partial charge in [-0.2, -0.15) is 0 Å². The zero-order valence-corrected chi connectivity index (χ0v) is 16.2. The molecule has 0 spiro atoms. The summed E-state index contributed by atoms with van der Waals surface area (Å²) in [6, 6.07) is 8.92. The summed E-state index contributed by atoms with van der Waals surface area (Å²) in [6.45, 7) is 8.19. The zero-order chi connectivity index (χ0) is 18.2. The third-order valence-corrected chi connectivity index (χ3v) is 5.23. The smallest absolute Gasteiger partial charge is 0.191 e. The summed E-state index contributed by atoms with van der Waals surface area (Å²) in [5.74, 6) is 0.835. The molecule has 0 radical (unpaired) electrons. The molecule has 1 aromatic rings. The van der Waals surface area contributed by atoms with Gasteiger partial charge in [0.15, 0.2) is 5.96 Å². The van der Waals surface area contributed by atoms with E-state index in [4.69, 9.17) is 4.74 Å². The lowest BCUT2D eigenvalue weighted by atomic mass is 10.1. The van der Waals surface area contributed by atoms with Crippen molar-refractivity contribution in [2.75, 3.05) is 53.4 Å². The number of nitrogens with zero attached hydrogens (tertiary/aromatic N) is 3. The second kappa shape index (κ2) is 9.90. The Hall–Kier alpha value is -1.63. The number of ether oxygens (including phenoxy) is 1. The largest absolute Gasteiger partial charge is 0.376 e. The number of benzene rings is 1. The molecular weight excluding hydrogens is 326 g/mol. The van der Waals surface area contributed by atoms with Crippen molar-refractivity contribution in [3.63, 3.8) is 0 Å². The Bertz CT molecular complexity index is 560. The number of likely N-dealkylation sites (N-methyl/N-ethyl adjacent to an activating group) is 1. The molecule has 144 valence electrons. The Labute approximate surface area is 157 Å². The van der Waals surface area contributed by atoms with Crippen LogP contribution >= 0.6 is 0 Å². The SMILES string of the molecule is CN=C(NCc1ccc(CN2CCN(C)CC2)cc1)NCC1CCCO1. The average Bonchev–Trinajstić information content (AvgIpc) is 3.18. The highest BCUT2D eigenvalue weighted by atomic mass is 16.5. The fourth-order valence-corrected chi connectivity index (χ4v) is 3.45. The first-order chi connectivity index (χ1) is 12.7. The monoisotopic (exact) mass is 359 g/mol. The number of hydrogen-bond donors (Lipinski definition) is 2. The minimum Gasteiger partial charge on any atom is -0.376 e. The second-order valence-electron chi connectivity index (χ2n) is 7.34. The summed E-state index contributed by atoms with van der Waals surface area (Å²) >= 11 is 0. The van der Waals surface area contributed by atoms with Crippen molar-refractivity contribution in [1.29, 1.82) is 0 Å². The fraction of sp³-hybridized carbons (Fsp3) is 0.650. The number of nitrogens with one attached hydrogen (secondary N) is 2. The van der Waals surface area contributed by atoms with Crippen molar-refractivity contribution in [1.82, 2.24) is 20.4 Å². The van der Waals surface area contributed by atoms with E-state index in [0.717, 1.165) is 51.7 Å². The van der Waals surface area contributed by atoms with E-state index in [2.05, 4.69) is 56.7 Å². The van der Waals surface area contributed by atoms with Crippen molar-refractivity contribution in [2.24, 2.45) is 4.99 Å². The maximum Gasteiger partial charge on any atom is 0.191 e. The molecule has 2 fully saturated rings. The third kappa shape index (κ3) is 5.97. The van der Waals surface area contributed by atoms with E-state index in [1.165, 1.54) is 30.6 Å². The molecule has 0 saturated carbocycles. The predicted molar refractivity (Wildman–Crippen MR) is 106 cm³/mol. The van der Waals surface area contributed by atoms with Gasteiger partial charge in [-0.25, -0.2) is 0 Å². The summed E-state index contributed by atoms with van der Waals surface area (Å²) < 4.78 is 5.64. The average molecular weight is 360 g/mol. The van der Waals surface area contributed by atoms with Crippen LogP contribution in [0.1, 0.15) is 24.0 Å². The van der Waals surface area contributed by atoms with Crippen LogP contribution in [0.15, 0.2) is 29.3 Å². The van der Waals surface area contributed by atoms with Gasteiger partial charge in [0.25, 0.3) is 0 Å². The van der Waals surface area contributed by atoms with Gasteiger partial charge in [-0.05, 0) is 31.0 Å². The molecular formula is C20H33N5O. The molecule has 1 aromatic carbocycles. The van der Waals surface area contributed by atoms with Gasteiger partial charge in [-0.3, -0.25) is 9.89 Å². The van der Waals surface area contributed by atoms with E-state index in [-0.39, 0.29) is 0 Å². The normalized spacial score (nSPS) is 22.5. The minimum absolute atomic E-state index is 0.322. The quantitative estimate of drug-likeness (QED) is 0.592. The molecule has 26 heavy (non-hydrogen) atoms. The van der Waals surface area contributed by atoms with Crippen molar-refractivity contribution in [3.05, 3.63) is 35.4 Å². The predicted octanol–water partition coefficient (Wildman–Crippen LogP) is 1.28. The maximum atomic E-state index is 5.64. The first-order valence-corrected chi connectivity index (χ1v) is 9.78. The van der Waals surface area contributed by atoms with Crippen LogP contribution in [0.25, 0.3) is 0 Å². The van der Waals surface area contributed by atoms with E-state index < -0.39 is 0 Å². The summed E-state index contributed by atoms with van der Waals surface area (Å²) in [7, 11) is 4.01. The standard InChI is InChI=1S/C20H33N5O/c1-21-20(23-15-19-4-3-13-26-19)22-14-17-5-7-18(8-6-17)16-25-11-9-24(2)10-12-25/h5-8,19H,3-4,9-16H2,1-2H3,(H2,21,22,23). The van der Waals surface area contributed by atoms with Gasteiger partial charge in [0, 0.05) is 59.5 Å². The van der Waals surface area contributed by atoms with Crippen LogP contribution in [0.4, 0.5) is 0 Å². The van der Waals surface area contributed by atoms with Crippen molar-refractivity contribution in [3.8, 4) is 0 Å². The maximum absolute atomic E-state index is 5.64. The van der Waals surface area contributed by atoms with E-state index in [9.17, 15) is 0 Å². The van der Waals surface area contributed by atoms with E-state index in [1.807, 2.05) is 7.05 Å². The molecule has 2 aliphatic heterocycles. The number of guanidine groups is 1. The van der Waals surface area contributed by atoms with Gasteiger partial charge >= 0.3 is 0 Å². The lowest BCUT2D eigenvalue weighted by molar-refractivity contribution is 0.114. The molecule has 6 nitrogen and oxygen atoms in total. The van der Waals surface area contributed by atoms with E-state index in [0.29, 0.717) is 6.10 Å². The minimum atomic E-state index is 0.322. The van der Waals surface area contributed by atoms with Crippen LogP contribution in [0.3, 0.4) is 0 Å². The Morgan fingerprint density at radius 1 is 1.12 bits per heavy atom. The van der Waals surface area contributed by atoms with Crippen molar-refractivity contribution in [2.45, 2.75) is 32.0 Å². The number of hydrogen-bond acceptors (Lipinski definition) is 4. The molecule has 0 aliphatic carbocycles. The van der Waals surface area contributed by atoms with Crippen molar-refractivity contribution >= 4 is 5.96 Å². The molecule has 6 heteroatoms. The number of aliphatic imine (C=N–C) groups is 1. The molecule has 1 atom stereocenters. The van der Waals surface area contributed by atoms with Crippen LogP contribution in [-0.4, -0.2) is 75.3 Å². The summed E-state index contributed by atoms with van der Waals surface area (Å²) in [6.07, 6.45) is 2.62. The highest BCUT2D eigenvalue weighted by molar-refractivity contribution is 5.79. The topological polar surface area (TPSA) is 52.1 Å². The number of rotatable bonds is 6. The van der Waals surface area contributed by atoms with Crippen LogP contribution in [0, 0.1) is 0 Å². The van der Waals surface area contributed by atoms with Crippen LogP contribution in [0.2, 0.25) is 0 Å². The van der Waals surface area contributed by atoms with Gasteiger partial charge in [0.2, 0.25) is 0 Å². The van der Waals surface area contributed by atoms with Gasteiger partial charge in [-0.15, -0.1) is 0 Å². The Kier molecular flexibility index (Phi) is 7.29. The zero-order valence-electron chi connectivity index (χ0n) is 16.2. The van der Waals surface area contributed by atoms with E-state index in [1.54, 1.807) is 0 Å². The summed E-state index contributed by atoms with van der Waals surface area (Å²) in [5, 5.41) is 6.74.